The van der Waals surface area contributed by atoms with Crippen LogP contribution in [0.25, 0.3) is 5.76 Å². The van der Waals surface area contributed by atoms with Crippen molar-refractivity contribution in [3.05, 3.63) is 75.8 Å². The summed E-state index contributed by atoms with van der Waals surface area (Å²) in [6.07, 6.45) is 0. The van der Waals surface area contributed by atoms with E-state index >= 15 is 0 Å². The molecule has 174 valence electrons. The number of hydrogen-bond acceptors (Lipinski definition) is 8. The number of hydrogen-bond donors (Lipinski definition) is 1. The Kier molecular flexibility index (Phi) is 6.21. The highest BCUT2D eigenvalue weighted by atomic mass is 32.1. The van der Waals surface area contributed by atoms with Crippen LogP contribution < -0.4 is 14.4 Å². The van der Waals surface area contributed by atoms with Gasteiger partial charge in [0.2, 0.25) is 0 Å². The number of methoxy groups -OCH3 is 2. The molecule has 0 unspecified atom stereocenters. The van der Waals surface area contributed by atoms with Crippen molar-refractivity contribution >= 4 is 39.7 Å². The fraction of sp³-hybridized carbons (Fsp3) is 0.200. The normalized spacial score (nSPS) is 17.2. The third kappa shape index (κ3) is 3.94. The van der Waals surface area contributed by atoms with Gasteiger partial charge in [0.25, 0.3) is 5.78 Å². The number of aryl methyl sites for hydroxylation is 1. The number of Topliss-reactive ketones (excluding diaryl/α,β-unsaturated/α-hetero) is 2. The average Bonchev–Trinajstić information content (AvgIpc) is 3.35. The van der Waals surface area contributed by atoms with E-state index in [0.717, 1.165) is 11.3 Å². The lowest BCUT2D eigenvalue weighted by Crippen LogP contribution is -2.29. The minimum absolute atomic E-state index is 0.0827. The number of carbonyl (C=O) groups is 3. The molecule has 1 aromatic heterocycles. The minimum Gasteiger partial charge on any atom is -0.507 e. The van der Waals surface area contributed by atoms with Crippen LogP contribution >= 0.6 is 11.3 Å². The molecule has 0 aliphatic carbocycles. The molecule has 1 N–H and O–H groups in total. The van der Waals surface area contributed by atoms with Crippen LogP contribution in [-0.2, 0) is 9.59 Å². The molecule has 1 atom stereocenters. The first-order chi connectivity index (χ1) is 16.3. The first-order valence-corrected chi connectivity index (χ1v) is 11.2. The summed E-state index contributed by atoms with van der Waals surface area (Å²) in [5, 5.41) is 11.4. The van der Waals surface area contributed by atoms with E-state index in [0.29, 0.717) is 33.2 Å². The van der Waals surface area contributed by atoms with Gasteiger partial charge in [-0.2, -0.15) is 0 Å². The summed E-state index contributed by atoms with van der Waals surface area (Å²) in [5.41, 5.74) is 1.28. The number of ether oxygens (including phenoxy) is 2. The van der Waals surface area contributed by atoms with E-state index in [1.807, 2.05) is 0 Å². The van der Waals surface area contributed by atoms with Gasteiger partial charge in [0, 0.05) is 12.5 Å². The molecule has 1 fully saturated rings. The van der Waals surface area contributed by atoms with E-state index in [4.69, 9.17) is 9.47 Å². The maximum absolute atomic E-state index is 13.2. The number of rotatable bonds is 6. The van der Waals surface area contributed by atoms with Gasteiger partial charge in [-0.15, -0.1) is 0 Å². The predicted octanol–water partition coefficient (Wildman–Crippen LogP) is 4.30. The molecule has 0 spiro atoms. The van der Waals surface area contributed by atoms with Crippen LogP contribution in [0.5, 0.6) is 11.5 Å². The van der Waals surface area contributed by atoms with Crippen LogP contribution in [0, 0.1) is 6.92 Å². The van der Waals surface area contributed by atoms with Crippen LogP contribution in [-0.4, -0.2) is 41.8 Å². The van der Waals surface area contributed by atoms with Crippen LogP contribution in [0.15, 0.2) is 54.1 Å². The number of carbonyl (C=O) groups excluding carboxylic acids is 3. The smallest absolute Gasteiger partial charge is 0.301 e. The molecule has 1 aliphatic rings. The molecular weight excluding hydrogens is 456 g/mol. The second-order valence-corrected chi connectivity index (χ2v) is 8.62. The van der Waals surface area contributed by atoms with Gasteiger partial charge in [0.05, 0.1) is 36.4 Å². The summed E-state index contributed by atoms with van der Waals surface area (Å²) < 4.78 is 10.5. The molecule has 0 radical (unpaired) electrons. The Bertz CT molecular complexity index is 1330. The number of nitrogens with zero attached hydrogens (tertiary/aromatic N) is 2. The number of anilines is 1. The maximum atomic E-state index is 13.2. The minimum atomic E-state index is -0.970. The molecule has 4 rings (SSSR count). The Morgan fingerprint density at radius 3 is 2.32 bits per heavy atom. The summed E-state index contributed by atoms with van der Waals surface area (Å²) in [6.45, 7) is 3.09. The number of ketones is 2. The van der Waals surface area contributed by atoms with Crippen molar-refractivity contribution in [3.8, 4) is 11.5 Å². The topological polar surface area (TPSA) is 106 Å². The van der Waals surface area contributed by atoms with Crippen molar-refractivity contribution < 1.29 is 29.0 Å². The number of aliphatic hydroxyl groups excluding tert-OH is 1. The summed E-state index contributed by atoms with van der Waals surface area (Å²) in [5.74, 6) is -1.10. The molecule has 1 saturated heterocycles. The van der Waals surface area contributed by atoms with E-state index in [-0.39, 0.29) is 22.2 Å². The Hall–Kier alpha value is -3.98. The van der Waals surface area contributed by atoms with Gasteiger partial charge in [-0.05, 0) is 48.9 Å². The van der Waals surface area contributed by atoms with Gasteiger partial charge < -0.3 is 14.6 Å². The van der Waals surface area contributed by atoms with E-state index in [2.05, 4.69) is 4.98 Å². The zero-order valence-corrected chi connectivity index (χ0v) is 19.8. The van der Waals surface area contributed by atoms with Crippen molar-refractivity contribution in [1.29, 1.82) is 0 Å². The van der Waals surface area contributed by atoms with E-state index in [1.54, 1.807) is 55.5 Å². The monoisotopic (exact) mass is 478 g/mol. The lowest BCUT2D eigenvalue weighted by Gasteiger charge is -2.23. The van der Waals surface area contributed by atoms with Crippen molar-refractivity contribution in [2.45, 2.75) is 19.9 Å². The quantitative estimate of drug-likeness (QED) is 0.244. The SMILES string of the molecule is COc1ccc(C(O)=C2C(=O)C(=O)N(c3nc(C)c(C(C)=O)s3)[C@@H]2c2cccc(OC)c2)cc1. The second-order valence-electron chi connectivity index (χ2n) is 7.64. The number of amides is 1. The molecule has 0 saturated carbocycles. The molecule has 8 nitrogen and oxygen atoms in total. The third-order valence-electron chi connectivity index (χ3n) is 5.53. The van der Waals surface area contributed by atoms with Gasteiger partial charge in [-0.1, -0.05) is 23.5 Å². The van der Waals surface area contributed by atoms with Crippen molar-refractivity contribution in [2.75, 3.05) is 19.1 Å². The van der Waals surface area contributed by atoms with Crippen LogP contribution in [0.1, 0.15) is 39.5 Å². The maximum Gasteiger partial charge on any atom is 0.301 e. The fourth-order valence-corrected chi connectivity index (χ4v) is 4.86. The van der Waals surface area contributed by atoms with Crippen LogP contribution in [0.2, 0.25) is 0 Å². The zero-order valence-electron chi connectivity index (χ0n) is 19.0. The lowest BCUT2D eigenvalue weighted by atomic mass is 9.95. The summed E-state index contributed by atoms with van der Waals surface area (Å²) in [6, 6.07) is 12.4. The highest BCUT2D eigenvalue weighted by Gasteiger charge is 2.48. The number of aromatic nitrogens is 1. The summed E-state index contributed by atoms with van der Waals surface area (Å²) in [4.78, 5) is 44.5. The second kappa shape index (κ2) is 9.11. The number of aliphatic hydroxyl groups is 1. The lowest BCUT2D eigenvalue weighted by molar-refractivity contribution is -0.132. The molecule has 2 aromatic carbocycles. The number of thiazole rings is 1. The molecule has 1 amide bonds. The van der Waals surface area contributed by atoms with Crippen molar-refractivity contribution in [1.82, 2.24) is 4.98 Å². The molecule has 0 bridgehead atoms. The highest BCUT2D eigenvalue weighted by Crippen LogP contribution is 2.44. The Balaban J connectivity index is 1.94. The Morgan fingerprint density at radius 1 is 1.06 bits per heavy atom. The Morgan fingerprint density at radius 2 is 1.74 bits per heavy atom. The molecule has 34 heavy (non-hydrogen) atoms. The van der Waals surface area contributed by atoms with Crippen LogP contribution in [0.3, 0.4) is 0 Å². The van der Waals surface area contributed by atoms with Gasteiger partial charge in [0.15, 0.2) is 10.9 Å². The highest BCUT2D eigenvalue weighted by molar-refractivity contribution is 7.18. The van der Waals surface area contributed by atoms with Crippen molar-refractivity contribution in [2.24, 2.45) is 0 Å². The number of benzene rings is 2. The third-order valence-corrected chi connectivity index (χ3v) is 6.79. The van der Waals surface area contributed by atoms with E-state index in [9.17, 15) is 19.5 Å². The van der Waals surface area contributed by atoms with Gasteiger partial charge in [0.1, 0.15) is 17.3 Å². The Labute approximate surface area is 200 Å². The average molecular weight is 479 g/mol. The van der Waals surface area contributed by atoms with Gasteiger partial charge in [-0.25, -0.2) is 4.98 Å². The molecule has 9 heteroatoms. The standard InChI is InChI=1S/C25H22N2O6S/c1-13-23(14(2)28)34-25(26-13)27-20(16-6-5-7-18(12-16)33-4)19(22(30)24(27)31)21(29)15-8-10-17(32-3)11-9-15/h5-12,20,29H,1-4H3/t20-/m1/s1. The largest absolute Gasteiger partial charge is 0.507 e. The fourth-order valence-electron chi connectivity index (χ4n) is 3.87. The molecule has 2 heterocycles. The van der Waals surface area contributed by atoms with Gasteiger partial charge in [-0.3, -0.25) is 19.3 Å². The van der Waals surface area contributed by atoms with Crippen LogP contribution in [0.4, 0.5) is 5.13 Å². The molecule has 3 aromatic rings. The van der Waals surface area contributed by atoms with Gasteiger partial charge >= 0.3 is 5.91 Å². The predicted molar refractivity (Wildman–Crippen MR) is 128 cm³/mol. The van der Waals surface area contributed by atoms with Crippen molar-refractivity contribution in [3.63, 3.8) is 0 Å². The summed E-state index contributed by atoms with van der Waals surface area (Å²) >= 11 is 1.03. The van der Waals surface area contributed by atoms with E-state index in [1.165, 1.54) is 26.0 Å². The molecular formula is C25H22N2O6S. The molecule has 1 aliphatic heterocycles. The van der Waals surface area contributed by atoms with E-state index < -0.39 is 17.7 Å². The first kappa shape index (κ1) is 23.2. The first-order valence-electron chi connectivity index (χ1n) is 10.3. The zero-order chi connectivity index (χ0) is 24.6. The summed E-state index contributed by atoms with van der Waals surface area (Å²) in [7, 11) is 3.03.